The van der Waals surface area contributed by atoms with Gasteiger partial charge in [0.05, 0.1) is 5.54 Å². The van der Waals surface area contributed by atoms with Crippen molar-refractivity contribution in [2.75, 3.05) is 18.4 Å². The Morgan fingerprint density at radius 2 is 1.52 bits per heavy atom. The van der Waals surface area contributed by atoms with Crippen molar-refractivity contribution >= 4 is 23.2 Å². The third kappa shape index (κ3) is 4.01. The first-order chi connectivity index (χ1) is 14.1. The first-order valence-corrected chi connectivity index (χ1v) is 10.4. The van der Waals surface area contributed by atoms with E-state index in [1.807, 2.05) is 65.6 Å². The molecule has 29 heavy (non-hydrogen) atoms. The third-order valence-electron chi connectivity index (χ3n) is 5.87. The van der Waals surface area contributed by atoms with Crippen molar-refractivity contribution in [1.29, 1.82) is 0 Å². The van der Waals surface area contributed by atoms with Crippen LogP contribution in [0, 0.1) is 6.92 Å². The number of piperidine rings is 1. The number of halogens is 1. The second kappa shape index (κ2) is 8.30. The number of hydrogen-bond acceptors (Lipinski definition) is 2. The quantitative estimate of drug-likeness (QED) is 0.587. The minimum Gasteiger partial charge on any atom is -0.375 e. The van der Waals surface area contributed by atoms with Crippen LogP contribution in [0.5, 0.6) is 0 Å². The standard InChI is InChI=1S/C25H25ClN2O/c1-19-22(13-8-14-23(19)26)25(27-21-11-6-3-7-12-21)15-17-28(18-16-25)24(29)20-9-4-2-5-10-20/h2-14,27H,15-18H2,1H3. The molecule has 1 amide bonds. The van der Waals surface area contributed by atoms with E-state index in [1.54, 1.807) is 0 Å². The maximum atomic E-state index is 12.9. The molecule has 0 spiro atoms. The van der Waals surface area contributed by atoms with E-state index < -0.39 is 0 Å². The van der Waals surface area contributed by atoms with Gasteiger partial charge in [0.25, 0.3) is 5.91 Å². The normalized spacial score (nSPS) is 15.7. The van der Waals surface area contributed by atoms with Gasteiger partial charge in [0.1, 0.15) is 0 Å². The summed E-state index contributed by atoms with van der Waals surface area (Å²) in [5, 5.41) is 4.56. The van der Waals surface area contributed by atoms with Crippen LogP contribution in [0.3, 0.4) is 0 Å². The molecule has 3 aromatic rings. The van der Waals surface area contributed by atoms with Gasteiger partial charge in [-0.1, -0.05) is 60.1 Å². The van der Waals surface area contributed by atoms with Crippen molar-refractivity contribution in [2.45, 2.75) is 25.3 Å². The zero-order valence-corrected chi connectivity index (χ0v) is 17.3. The number of benzene rings is 3. The molecule has 0 saturated carbocycles. The Morgan fingerprint density at radius 1 is 0.897 bits per heavy atom. The summed E-state index contributed by atoms with van der Waals surface area (Å²) in [5.74, 6) is 0.0988. The van der Waals surface area contributed by atoms with Gasteiger partial charge in [0.15, 0.2) is 0 Å². The van der Waals surface area contributed by atoms with E-state index in [1.165, 1.54) is 5.56 Å². The number of nitrogens with one attached hydrogen (secondary N) is 1. The zero-order valence-electron chi connectivity index (χ0n) is 16.6. The fraction of sp³-hybridized carbons (Fsp3) is 0.240. The van der Waals surface area contributed by atoms with E-state index in [0.717, 1.165) is 34.7 Å². The minimum atomic E-state index is -0.260. The number of nitrogens with zero attached hydrogens (tertiary/aromatic N) is 1. The lowest BCUT2D eigenvalue weighted by molar-refractivity contribution is 0.0680. The van der Waals surface area contributed by atoms with Crippen LogP contribution < -0.4 is 5.32 Å². The lowest BCUT2D eigenvalue weighted by atomic mass is 9.78. The lowest BCUT2D eigenvalue weighted by Crippen LogP contribution is -2.49. The molecule has 3 aromatic carbocycles. The van der Waals surface area contributed by atoms with Crippen LogP contribution in [-0.2, 0) is 5.54 Å². The summed E-state index contributed by atoms with van der Waals surface area (Å²) in [6.07, 6.45) is 1.64. The molecule has 1 heterocycles. The molecule has 0 unspecified atom stereocenters. The molecule has 3 nitrogen and oxygen atoms in total. The van der Waals surface area contributed by atoms with Gasteiger partial charge < -0.3 is 10.2 Å². The summed E-state index contributed by atoms with van der Waals surface area (Å²) in [6, 6.07) is 25.9. The van der Waals surface area contributed by atoms with E-state index >= 15 is 0 Å². The zero-order chi connectivity index (χ0) is 20.3. The van der Waals surface area contributed by atoms with Gasteiger partial charge in [-0.2, -0.15) is 0 Å². The Balaban J connectivity index is 1.63. The Labute approximate surface area is 177 Å². The topological polar surface area (TPSA) is 32.3 Å². The fourth-order valence-corrected chi connectivity index (χ4v) is 4.41. The molecule has 148 valence electrons. The number of anilines is 1. The van der Waals surface area contributed by atoms with Gasteiger partial charge in [0, 0.05) is 29.4 Å². The van der Waals surface area contributed by atoms with Gasteiger partial charge in [-0.05, 0) is 61.2 Å². The van der Waals surface area contributed by atoms with Crippen molar-refractivity contribution in [3.63, 3.8) is 0 Å². The van der Waals surface area contributed by atoms with Crippen molar-refractivity contribution in [3.8, 4) is 0 Å². The first kappa shape index (κ1) is 19.5. The molecule has 1 saturated heterocycles. The van der Waals surface area contributed by atoms with E-state index in [0.29, 0.717) is 13.1 Å². The molecule has 0 atom stereocenters. The van der Waals surface area contributed by atoms with Crippen molar-refractivity contribution in [3.05, 3.63) is 101 Å². The Hall–Kier alpha value is -2.78. The largest absolute Gasteiger partial charge is 0.375 e. The van der Waals surface area contributed by atoms with E-state index in [4.69, 9.17) is 11.6 Å². The Morgan fingerprint density at radius 3 is 2.17 bits per heavy atom. The number of amides is 1. The molecule has 4 rings (SSSR count). The first-order valence-electron chi connectivity index (χ1n) is 10.0. The van der Waals surface area contributed by atoms with Gasteiger partial charge in [-0.15, -0.1) is 0 Å². The molecule has 4 heteroatoms. The number of carbonyl (C=O) groups is 1. The summed E-state index contributed by atoms with van der Waals surface area (Å²) in [4.78, 5) is 14.9. The van der Waals surface area contributed by atoms with Gasteiger partial charge in [-0.3, -0.25) is 4.79 Å². The summed E-state index contributed by atoms with van der Waals surface area (Å²) in [5.41, 5.74) is 3.87. The monoisotopic (exact) mass is 404 g/mol. The Kier molecular flexibility index (Phi) is 5.59. The lowest BCUT2D eigenvalue weighted by Gasteiger charge is -2.44. The summed E-state index contributed by atoms with van der Waals surface area (Å²) >= 11 is 6.46. The van der Waals surface area contributed by atoms with Gasteiger partial charge in [0.2, 0.25) is 0 Å². The van der Waals surface area contributed by atoms with Crippen molar-refractivity contribution in [1.82, 2.24) is 4.90 Å². The number of hydrogen-bond donors (Lipinski definition) is 1. The van der Waals surface area contributed by atoms with Crippen molar-refractivity contribution < 1.29 is 4.79 Å². The van der Waals surface area contributed by atoms with Crippen LogP contribution in [-0.4, -0.2) is 23.9 Å². The summed E-state index contributed by atoms with van der Waals surface area (Å²) in [7, 11) is 0. The second-order valence-corrected chi connectivity index (χ2v) is 8.05. The fourth-order valence-electron chi connectivity index (χ4n) is 4.24. The molecule has 0 aromatic heterocycles. The number of para-hydroxylation sites is 1. The van der Waals surface area contributed by atoms with E-state index in [2.05, 4.69) is 30.4 Å². The molecular formula is C25H25ClN2O. The highest BCUT2D eigenvalue weighted by atomic mass is 35.5. The molecule has 1 N–H and O–H groups in total. The molecule has 1 aliphatic heterocycles. The van der Waals surface area contributed by atoms with Gasteiger partial charge >= 0.3 is 0 Å². The molecule has 1 fully saturated rings. The predicted molar refractivity (Wildman–Crippen MR) is 120 cm³/mol. The van der Waals surface area contributed by atoms with Crippen LogP contribution in [0.25, 0.3) is 0 Å². The predicted octanol–water partition coefficient (Wildman–Crippen LogP) is 5.89. The minimum absolute atomic E-state index is 0.0988. The molecule has 0 aliphatic carbocycles. The number of carbonyl (C=O) groups excluding carboxylic acids is 1. The molecule has 1 aliphatic rings. The molecule has 0 bridgehead atoms. The molecule has 0 radical (unpaired) electrons. The highest BCUT2D eigenvalue weighted by Gasteiger charge is 2.38. The van der Waals surface area contributed by atoms with Crippen LogP contribution in [0.4, 0.5) is 5.69 Å². The number of likely N-dealkylation sites (tertiary alicyclic amines) is 1. The summed E-state index contributed by atoms with van der Waals surface area (Å²) < 4.78 is 0. The molecular weight excluding hydrogens is 380 g/mol. The van der Waals surface area contributed by atoms with E-state index in [9.17, 15) is 4.79 Å². The van der Waals surface area contributed by atoms with E-state index in [-0.39, 0.29) is 11.4 Å². The van der Waals surface area contributed by atoms with Crippen molar-refractivity contribution in [2.24, 2.45) is 0 Å². The SMILES string of the molecule is Cc1c(Cl)cccc1C1(Nc2ccccc2)CCN(C(=O)c2ccccc2)CC1. The second-order valence-electron chi connectivity index (χ2n) is 7.64. The average molecular weight is 405 g/mol. The highest BCUT2D eigenvalue weighted by Crippen LogP contribution is 2.40. The summed E-state index contributed by atoms with van der Waals surface area (Å²) in [6.45, 7) is 3.46. The van der Waals surface area contributed by atoms with Gasteiger partial charge in [-0.25, -0.2) is 0 Å². The third-order valence-corrected chi connectivity index (χ3v) is 6.28. The van der Waals surface area contributed by atoms with Crippen LogP contribution in [0.1, 0.15) is 34.3 Å². The van der Waals surface area contributed by atoms with Crippen LogP contribution in [0.15, 0.2) is 78.9 Å². The maximum absolute atomic E-state index is 12.9. The number of rotatable bonds is 4. The maximum Gasteiger partial charge on any atom is 0.253 e. The highest BCUT2D eigenvalue weighted by molar-refractivity contribution is 6.31. The van der Waals surface area contributed by atoms with Crippen LogP contribution in [0.2, 0.25) is 5.02 Å². The average Bonchev–Trinajstić information content (AvgIpc) is 2.77. The van der Waals surface area contributed by atoms with Crippen LogP contribution >= 0.6 is 11.6 Å². The Bertz CT molecular complexity index is 980. The smallest absolute Gasteiger partial charge is 0.253 e.